The molecule has 102 valence electrons. The zero-order valence-electron chi connectivity index (χ0n) is 11.4. The van der Waals surface area contributed by atoms with E-state index in [-0.39, 0.29) is 0 Å². The molecular formula is C15H21N3O. The number of nitrogens with two attached hydrogens (primary N) is 1. The van der Waals surface area contributed by atoms with Crippen LogP contribution in [-0.4, -0.2) is 44.1 Å². The Labute approximate surface area is 114 Å². The van der Waals surface area contributed by atoms with Gasteiger partial charge in [-0.25, -0.2) is 4.99 Å². The zero-order chi connectivity index (χ0) is 13.2. The van der Waals surface area contributed by atoms with Crippen molar-refractivity contribution < 1.29 is 4.74 Å². The smallest absolute Gasteiger partial charge is 0.216 e. The van der Waals surface area contributed by atoms with Crippen LogP contribution in [0.5, 0.6) is 0 Å². The molecule has 4 heteroatoms. The van der Waals surface area contributed by atoms with Crippen LogP contribution in [0.1, 0.15) is 23.6 Å². The fourth-order valence-electron chi connectivity index (χ4n) is 3.12. The fourth-order valence-corrected chi connectivity index (χ4v) is 3.12. The van der Waals surface area contributed by atoms with Gasteiger partial charge in [0.25, 0.3) is 0 Å². The molecule has 0 bridgehead atoms. The Hall–Kier alpha value is -1.39. The normalized spacial score (nSPS) is 27.4. The van der Waals surface area contributed by atoms with E-state index in [1.54, 1.807) is 0 Å². The van der Waals surface area contributed by atoms with Crippen LogP contribution in [0, 0.1) is 5.92 Å². The Morgan fingerprint density at radius 1 is 1.42 bits per heavy atom. The van der Waals surface area contributed by atoms with Gasteiger partial charge >= 0.3 is 0 Å². The Morgan fingerprint density at radius 3 is 2.95 bits per heavy atom. The van der Waals surface area contributed by atoms with E-state index in [9.17, 15) is 0 Å². The van der Waals surface area contributed by atoms with Crippen LogP contribution in [0.25, 0.3) is 0 Å². The molecular weight excluding hydrogens is 238 g/mol. The van der Waals surface area contributed by atoms with Crippen molar-refractivity contribution in [2.24, 2.45) is 16.6 Å². The van der Waals surface area contributed by atoms with E-state index in [0.29, 0.717) is 18.6 Å². The third kappa shape index (κ3) is 2.38. The summed E-state index contributed by atoms with van der Waals surface area (Å²) in [5, 5.41) is 0. The summed E-state index contributed by atoms with van der Waals surface area (Å²) in [5.41, 5.74) is 8.29. The molecule has 2 aliphatic heterocycles. The monoisotopic (exact) mass is 259 g/mol. The minimum absolute atomic E-state index is 0.427. The molecule has 1 aromatic rings. The lowest BCUT2D eigenvalue weighted by Crippen LogP contribution is -2.21. The standard InChI is InChI=1S/C15H21N3O/c1-18-10-11(9-16)8-14(18)12-4-2-3-5-13(12)15-17-6-7-19-15/h2-5,11,14H,6-10,16H2,1H3. The second kappa shape index (κ2) is 5.31. The molecule has 1 saturated heterocycles. The first-order chi connectivity index (χ1) is 9.29. The summed E-state index contributed by atoms with van der Waals surface area (Å²) in [4.78, 5) is 6.85. The maximum Gasteiger partial charge on any atom is 0.216 e. The molecule has 2 N–H and O–H groups in total. The average molecular weight is 259 g/mol. The Morgan fingerprint density at radius 2 is 2.26 bits per heavy atom. The van der Waals surface area contributed by atoms with Gasteiger partial charge in [-0.2, -0.15) is 0 Å². The molecule has 0 amide bonds. The van der Waals surface area contributed by atoms with Crippen LogP contribution in [0.15, 0.2) is 29.3 Å². The summed E-state index contributed by atoms with van der Waals surface area (Å²) in [7, 11) is 2.18. The Bertz CT molecular complexity index is 486. The SMILES string of the molecule is CN1CC(CN)CC1c1ccccc1C1=NCCO1. The summed E-state index contributed by atoms with van der Waals surface area (Å²) >= 11 is 0. The first-order valence-corrected chi connectivity index (χ1v) is 6.96. The van der Waals surface area contributed by atoms with Gasteiger partial charge < -0.3 is 10.5 Å². The number of benzene rings is 1. The fraction of sp³-hybridized carbons (Fsp3) is 0.533. The maximum atomic E-state index is 5.82. The summed E-state index contributed by atoms with van der Waals surface area (Å²) in [6, 6.07) is 8.88. The first-order valence-electron chi connectivity index (χ1n) is 6.96. The molecule has 3 rings (SSSR count). The third-order valence-corrected chi connectivity index (χ3v) is 4.10. The molecule has 0 spiro atoms. The van der Waals surface area contributed by atoms with Crippen molar-refractivity contribution >= 4 is 5.90 Å². The highest BCUT2D eigenvalue weighted by molar-refractivity contribution is 5.96. The quantitative estimate of drug-likeness (QED) is 0.893. The van der Waals surface area contributed by atoms with Crippen molar-refractivity contribution in [2.75, 3.05) is 33.3 Å². The molecule has 0 aromatic heterocycles. The van der Waals surface area contributed by atoms with Crippen LogP contribution in [0.2, 0.25) is 0 Å². The van der Waals surface area contributed by atoms with E-state index in [4.69, 9.17) is 10.5 Å². The van der Waals surface area contributed by atoms with Crippen molar-refractivity contribution in [3.05, 3.63) is 35.4 Å². The van der Waals surface area contributed by atoms with Gasteiger partial charge in [0.1, 0.15) is 6.61 Å². The van der Waals surface area contributed by atoms with Crippen molar-refractivity contribution in [2.45, 2.75) is 12.5 Å². The largest absolute Gasteiger partial charge is 0.476 e. The van der Waals surface area contributed by atoms with Gasteiger partial charge in [0, 0.05) is 18.2 Å². The number of hydrogen-bond donors (Lipinski definition) is 1. The topological polar surface area (TPSA) is 50.8 Å². The molecule has 19 heavy (non-hydrogen) atoms. The summed E-state index contributed by atoms with van der Waals surface area (Å²) in [5.74, 6) is 1.40. The van der Waals surface area contributed by atoms with E-state index in [1.807, 2.05) is 0 Å². The number of rotatable bonds is 3. The lowest BCUT2D eigenvalue weighted by molar-refractivity contribution is 0.311. The molecule has 4 nitrogen and oxygen atoms in total. The van der Waals surface area contributed by atoms with E-state index >= 15 is 0 Å². The van der Waals surface area contributed by atoms with Gasteiger partial charge in [0.15, 0.2) is 0 Å². The molecule has 0 saturated carbocycles. The lowest BCUT2D eigenvalue weighted by atomic mass is 9.95. The second-order valence-corrected chi connectivity index (χ2v) is 5.42. The van der Waals surface area contributed by atoms with E-state index in [0.717, 1.165) is 37.5 Å². The molecule has 2 aliphatic rings. The molecule has 2 atom stereocenters. The van der Waals surface area contributed by atoms with Gasteiger partial charge in [-0.3, -0.25) is 4.90 Å². The van der Waals surface area contributed by atoms with Gasteiger partial charge in [-0.05, 0) is 37.6 Å². The Kier molecular flexibility index (Phi) is 3.53. The highest BCUT2D eigenvalue weighted by atomic mass is 16.5. The van der Waals surface area contributed by atoms with Crippen molar-refractivity contribution in [3.8, 4) is 0 Å². The highest BCUT2D eigenvalue weighted by Crippen LogP contribution is 2.35. The van der Waals surface area contributed by atoms with Crippen LogP contribution in [0.4, 0.5) is 0 Å². The summed E-state index contributed by atoms with van der Waals surface area (Å²) < 4.78 is 5.63. The van der Waals surface area contributed by atoms with Gasteiger partial charge in [-0.1, -0.05) is 18.2 Å². The molecule has 0 radical (unpaired) electrons. The van der Waals surface area contributed by atoms with Crippen molar-refractivity contribution in [1.82, 2.24) is 4.90 Å². The van der Waals surface area contributed by atoms with Crippen LogP contribution in [-0.2, 0) is 4.74 Å². The number of ether oxygens (including phenoxy) is 1. The zero-order valence-corrected chi connectivity index (χ0v) is 11.4. The third-order valence-electron chi connectivity index (χ3n) is 4.10. The number of aliphatic imine (C=N–C) groups is 1. The molecule has 2 heterocycles. The predicted molar refractivity (Wildman–Crippen MR) is 76.3 cm³/mol. The van der Waals surface area contributed by atoms with Gasteiger partial charge in [-0.15, -0.1) is 0 Å². The number of nitrogens with zero attached hydrogens (tertiary/aromatic N) is 2. The molecule has 1 aromatic carbocycles. The lowest BCUT2D eigenvalue weighted by Gasteiger charge is -2.22. The van der Waals surface area contributed by atoms with Crippen LogP contribution < -0.4 is 5.73 Å². The van der Waals surface area contributed by atoms with Gasteiger partial charge in [0.2, 0.25) is 5.90 Å². The average Bonchev–Trinajstić information content (AvgIpc) is 3.08. The van der Waals surface area contributed by atoms with E-state index < -0.39 is 0 Å². The minimum Gasteiger partial charge on any atom is -0.476 e. The van der Waals surface area contributed by atoms with E-state index in [2.05, 4.69) is 41.2 Å². The maximum absolute atomic E-state index is 5.82. The van der Waals surface area contributed by atoms with E-state index in [1.165, 1.54) is 5.56 Å². The van der Waals surface area contributed by atoms with Crippen molar-refractivity contribution in [3.63, 3.8) is 0 Å². The highest BCUT2D eigenvalue weighted by Gasteiger charge is 2.32. The first kappa shape index (κ1) is 12.6. The van der Waals surface area contributed by atoms with Crippen molar-refractivity contribution in [1.29, 1.82) is 0 Å². The predicted octanol–water partition coefficient (Wildman–Crippen LogP) is 1.41. The molecule has 2 unspecified atom stereocenters. The summed E-state index contributed by atoms with van der Waals surface area (Å²) in [6.45, 7) is 3.31. The molecule has 1 fully saturated rings. The van der Waals surface area contributed by atoms with Gasteiger partial charge in [0.05, 0.1) is 6.54 Å². The van der Waals surface area contributed by atoms with Crippen LogP contribution in [0.3, 0.4) is 0 Å². The Balaban J connectivity index is 1.92. The second-order valence-electron chi connectivity index (χ2n) is 5.42. The minimum atomic E-state index is 0.427. The van der Waals surface area contributed by atoms with Crippen LogP contribution >= 0.6 is 0 Å². The molecule has 0 aliphatic carbocycles. The number of likely N-dealkylation sites (tertiary alicyclic amines) is 1. The number of hydrogen-bond acceptors (Lipinski definition) is 4. The summed E-state index contributed by atoms with van der Waals surface area (Å²) in [6.07, 6.45) is 1.12.